The summed E-state index contributed by atoms with van der Waals surface area (Å²) in [6, 6.07) is 0.359. The minimum absolute atomic E-state index is 0.0266. The van der Waals surface area contributed by atoms with Gasteiger partial charge in [0, 0.05) is 6.04 Å². The number of thioether (sulfide) groups is 1. The second-order valence-electron chi connectivity index (χ2n) is 3.24. The number of nitrogens with zero attached hydrogens (tertiary/aromatic N) is 2. The first-order valence-electron chi connectivity index (χ1n) is 4.30. The van der Waals surface area contributed by atoms with E-state index < -0.39 is 5.97 Å². The van der Waals surface area contributed by atoms with Crippen molar-refractivity contribution in [1.29, 1.82) is 0 Å². The van der Waals surface area contributed by atoms with E-state index in [9.17, 15) is 4.79 Å². The van der Waals surface area contributed by atoms with Gasteiger partial charge in [-0.2, -0.15) is 0 Å². The number of anilines is 1. The second kappa shape index (κ2) is 3.20. The van der Waals surface area contributed by atoms with Gasteiger partial charge in [0.25, 0.3) is 0 Å². The van der Waals surface area contributed by atoms with Crippen LogP contribution >= 0.6 is 11.8 Å². The van der Waals surface area contributed by atoms with Gasteiger partial charge in [-0.05, 0) is 19.1 Å². The van der Waals surface area contributed by atoms with Crippen molar-refractivity contribution < 1.29 is 9.90 Å². The molecule has 1 aliphatic carbocycles. The summed E-state index contributed by atoms with van der Waals surface area (Å²) in [5, 5.41) is 9.53. The average Bonchev–Trinajstić information content (AvgIpc) is 2.90. The fraction of sp³-hybridized carbons (Fsp3) is 0.500. The molecule has 6 heteroatoms. The Balaban J connectivity index is 2.50. The van der Waals surface area contributed by atoms with Gasteiger partial charge in [-0.15, -0.1) is 0 Å². The number of nitrogens with two attached hydrogens (primary N) is 1. The van der Waals surface area contributed by atoms with Crippen LogP contribution in [0.2, 0.25) is 0 Å². The molecule has 0 bridgehead atoms. The van der Waals surface area contributed by atoms with Crippen LogP contribution in [0.1, 0.15) is 29.4 Å². The summed E-state index contributed by atoms with van der Waals surface area (Å²) in [4.78, 5) is 14.8. The Hall–Kier alpha value is -1.17. The summed E-state index contributed by atoms with van der Waals surface area (Å²) in [5.41, 5.74) is 5.70. The Morgan fingerprint density at radius 1 is 1.71 bits per heavy atom. The maximum atomic E-state index is 10.8. The SMILES string of the molecule is CSc1nc(C(=O)O)c(N)n1C1CC1. The Morgan fingerprint density at radius 3 is 2.79 bits per heavy atom. The molecule has 1 heterocycles. The van der Waals surface area contributed by atoms with Gasteiger partial charge >= 0.3 is 5.97 Å². The lowest BCUT2D eigenvalue weighted by Gasteiger charge is -2.04. The van der Waals surface area contributed by atoms with E-state index in [-0.39, 0.29) is 11.5 Å². The van der Waals surface area contributed by atoms with Gasteiger partial charge in [0.1, 0.15) is 5.82 Å². The minimum Gasteiger partial charge on any atom is -0.476 e. The van der Waals surface area contributed by atoms with Crippen LogP contribution in [0, 0.1) is 0 Å². The summed E-state index contributed by atoms with van der Waals surface area (Å²) in [5.74, 6) is -0.776. The lowest BCUT2D eigenvalue weighted by atomic mass is 10.4. The highest BCUT2D eigenvalue weighted by Crippen LogP contribution is 2.40. The quantitative estimate of drug-likeness (QED) is 0.738. The molecule has 0 amide bonds. The number of carboxylic acid groups (broad SMARTS) is 1. The molecule has 0 aromatic carbocycles. The zero-order chi connectivity index (χ0) is 10.3. The van der Waals surface area contributed by atoms with Crippen LogP contribution in [0.3, 0.4) is 0 Å². The van der Waals surface area contributed by atoms with E-state index in [0.717, 1.165) is 12.8 Å². The summed E-state index contributed by atoms with van der Waals surface area (Å²) < 4.78 is 1.83. The third-order valence-electron chi connectivity index (χ3n) is 2.21. The summed E-state index contributed by atoms with van der Waals surface area (Å²) in [7, 11) is 0. The predicted molar refractivity (Wildman–Crippen MR) is 53.7 cm³/mol. The maximum absolute atomic E-state index is 10.8. The van der Waals surface area contributed by atoms with Gasteiger partial charge in [0.15, 0.2) is 10.9 Å². The molecule has 0 atom stereocenters. The van der Waals surface area contributed by atoms with Crippen molar-refractivity contribution in [2.24, 2.45) is 0 Å². The van der Waals surface area contributed by atoms with Crippen LogP contribution in [0.5, 0.6) is 0 Å². The summed E-state index contributed by atoms with van der Waals surface area (Å²) in [6.07, 6.45) is 3.99. The third-order valence-corrected chi connectivity index (χ3v) is 2.87. The van der Waals surface area contributed by atoms with Crippen LogP contribution in [-0.2, 0) is 0 Å². The van der Waals surface area contributed by atoms with Crippen molar-refractivity contribution in [3.05, 3.63) is 5.69 Å². The average molecular weight is 213 g/mol. The summed E-state index contributed by atoms with van der Waals surface area (Å²) >= 11 is 1.42. The molecule has 2 rings (SSSR count). The van der Waals surface area contributed by atoms with Crippen molar-refractivity contribution in [3.8, 4) is 0 Å². The number of hydrogen-bond donors (Lipinski definition) is 2. The van der Waals surface area contributed by atoms with Crippen LogP contribution < -0.4 is 5.73 Å². The molecule has 0 aliphatic heterocycles. The molecule has 0 unspecified atom stereocenters. The van der Waals surface area contributed by atoms with Gasteiger partial charge < -0.3 is 15.4 Å². The molecule has 0 spiro atoms. The Kier molecular flexibility index (Phi) is 2.14. The Bertz CT molecular complexity index is 384. The maximum Gasteiger partial charge on any atom is 0.358 e. The van der Waals surface area contributed by atoms with E-state index >= 15 is 0 Å². The smallest absolute Gasteiger partial charge is 0.358 e. The number of rotatable bonds is 3. The number of aromatic carboxylic acids is 1. The molecule has 0 radical (unpaired) electrons. The standard InChI is InChI=1S/C8H11N3O2S/c1-14-8-10-5(7(12)13)6(9)11(8)4-2-3-4/h4H,2-3,9H2,1H3,(H,12,13). The van der Waals surface area contributed by atoms with Crippen molar-refractivity contribution in [1.82, 2.24) is 9.55 Å². The summed E-state index contributed by atoms with van der Waals surface area (Å²) in [6.45, 7) is 0. The molecule has 5 nitrogen and oxygen atoms in total. The zero-order valence-corrected chi connectivity index (χ0v) is 8.54. The van der Waals surface area contributed by atoms with Crippen LogP contribution in [0.15, 0.2) is 5.16 Å². The van der Waals surface area contributed by atoms with Gasteiger partial charge in [-0.1, -0.05) is 11.8 Å². The molecular weight excluding hydrogens is 202 g/mol. The Morgan fingerprint density at radius 2 is 2.36 bits per heavy atom. The highest BCUT2D eigenvalue weighted by atomic mass is 32.2. The molecule has 0 saturated heterocycles. The number of carbonyl (C=O) groups is 1. The topological polar surface area (TPSA) is 81.1 Å². The van der Waals surface area contributed by atoms with Gasteiger partial charge in [0.05, 0.1) is 0 Å². The number of hydrogen-bond acceptors (Lipinski definition) is 4. The molecule has 3 N–H and O–H groups in total. The monoisotopic (exact) mass is 213 g/mol. The fourth-order valence-corrected chi connectivity index (χ4v) is 2.04. The van der Waals surface area contributed by atoms with Crippen molar-refractivity contribution in [2.75, 3.05) is 12.0 Å². The van der Waals surface area contributed by atoms with Crippen molar-refractivity contribution in [3.63, 3.8) is 0 Å². The molecular formula is C8H11N3O2S. The van der Waals surface area contributed by atoms with E-state index in [1.54, 1.807) is 0 Å². The van der Waals surface area contributed by atoms with E-state index in [1.165, 1.54) is 11.8 Å². The molecule has 1 aliphatic rings. The number of nitrogen functional groups attached to an aromatic ring is 1. The van der Waals surface area contributed by atoms with E-state index in [4.69, 9.17) is 10.8 Å². The molecule has 14 heavy (non-hydrogen) atoms. The zero-order valence-electron chi connectivity index (χ0n) is 7.73. The first kappa shape index (κ1) is 9.39. The van der Waals surface area contributed by atoms with Gasteiger partial charge in [-0.3, -0.25) is 0 Å². The predicted octanol–water partition coefficient (Wildman–Crippen LogP) is 1.22. The fourth-order valence-electron chi connectivity index (χ4n) is 1.41. The van der Waals surface area contributed by atoms with Crippen LogP contribution in [-0.4, -0.2) is 26.9 Å². The molecule has 1 aromatic heterocycles. The number of carboxylic acids is 1. The normalized spacial score (nSPS) is 15.8. The lowest BCUT2D eigenvalue weighted by molar-refractivity contribution is 0.0692. The third kappa shape index (κ3) is 1.35. The molecule has 1 saturated carbocycles. The second-order valence-corrected chi connectivity index (χ2v) is 4.01. The lowest BCUT2D eigenvalue weighted by Crippen LogP contribution is -2.05. The molecule has 1 aromatic rings. The van der Waals surface area contributed by atoms with E-state index in [1.807, 2.05) is 10.8 Å². The number of aromatic nitrogens is 2. The van der Waals surface area contributed by atoms with Gasteiger partial charge in [0.2, 0.25) is 0 Å². The van der Waals surface area contributed by atoms with Crippen molar-refractivity contribution >= 4 is 23.5 Å². The molecule has 1 fully saturated rings. The minimum atomic E-state index is -1.06. The van der Waals surface area contributed by atoms with Crippen LogP contribution in [0.25, 0.3) is 0 Å². The van der Waals surface area contributed by atoms with Crippen LogP contribution in [0.4, 0.5) is 5.82 Å². The molecule has 76 valence electrons. The first-order chi connectivity index (χ1) is 6.65. The Labute approximate surface area is 85.3 Å². The van der Waals surface area contributed by atoms with E-state index in [0.29, 0.717) is 11.2 Å². The van der Waals surface area contributed by atoms with Crippen molar-refractivity contribution in [2.45, 2.75) is 24.0 Å². The van der Waals surface area contributed by atoms with Gasteiger partial charge in [-0.25, -0.2) is 9.78 Å². The first-order valence-corrected chi connectivity index (χ1v) is 5.52. The number of imidazole rings is 1. The highest BCUT2D eigenvalue weighted by Gasteiger charge is 2.31. The largest absolute Gasteiger partial charge is 0.476 e. The van der Waals surface area contributed by atoms with E-state index in [2.05, 4.69) is 4.98 Å². The highest BCUT2D eigenvalue weighted by molar-refractivity contribution is 7.98.